The van der Waals surface area contributed by atoms with Crippen LogP contribution in [0, 0.1) is 23.2 Å². The second-order valence-corrected chi connectivity index (χ2v) is 9.08. The van der Waals surface area contributed by atoms with Gasteiger partial charge in [-0.1, -0.05) is 71.6 Å². The molecule has 0 spiro atoms. The first-order valence-corrected chi connectivity index (χ1v) is 9.09. The minimum absolute atomic E-state index is 0. The van der Waals surface area contributed by atoms with Crippen molar-refractivity contribution in [2.75, 3.05) is 0 Å². The van der Waals surface area contributed by atoms with Gasteiger partial charge in [-0.05, 0) is 23.7 Å². The fraction of sp³-hybridized carbons (Fsp3) is 1.00. The van der Waals surface area contributed by atoms with Crippen LogP contribution in [0.2, 0.25) is 17.5 Å². The Bertz CT molecular complexity index is 344. The first-order valence-electron chi connectivity index (χ1n) is 9.09. The van der Waals surface area contributed by atoms with Crippen LogP contribution in [0.3, 0.4) is 0 Å². The molecule has 0 N–H and O–H groups in total. The molecule has 4 atom stereocenters. The van der Waals surface area contributed by atoms with Crippen LogP contribution in [0.15, 0.2) is 0 Å². The Morgan fingerprint density at radius 3 is 1.90 bits per heavy atom. The summed E-state index contributed by atoms with van der Waals surface area (Å²) in [6.45, 7) is 8.87. The molecule has 0 aromatic rings. The smallest absolute Gasteiger partial charge is 0.196 e. The van der Waals surface area contributed by atoms with Crippen LogP contribution in [0.4, 0.5) is 0 Å². The Hall–Kier alpha value is 0.662. The fourth-order valence-electron chi connectivity index (χ4n) is 7.12. The zero-order valence-corrected chi connectivity index (χ0v) is 14.2. The van der Waals surface area contributed by atoms with Gasteiger partial charge >= 0.3 is 18.9 Å². The molecule has 2 heterocycles. The zero-order chi connectivity index (χ0) is 13.2. The van der Waals surface area contributed by atoms with Crippen LogP contribution in [-0.4, -0.2) is 6.71 Å². The van der Waals surface area contributed by atoms with Gasteiger partial charge in [-0.25, -0.2) is 0 Å². The van der Waals surface area contributed by atoms with Crippen molar-refractivity contribution in [2.45, 2.75) is 89.6 Å². The molecule has 2 saturated heterocycles. The molecule has 0 aromatic carbocycles. The van der Waals surface area contributed by atoms with Crippen LogP contribution in [0.5, 0.6) is 0 Å². The molecule has 5 aliphatic rings. The Balaban J connectivity index is 0.00000121. The third-order valence-electron chi connectivity index (χ3n) is 8.30. The van der Waals surface area contributed by atoms with Gasteiger partial charge < -0.3 is 0 Å². The summed E-state index contributed by atoms with van der Waals surface area (Å²) in [5.41, 5.74) is 0.680. The van der Waals surface area contributed by atoms with E-state index < -0.39 is 0 Å². The molecule has 5 rings (SSSR count). The third-order valence-corrected chi connectivity index (χ3v) is 8.30. The first-order chi connectivity index (χ1) is 9.09. The topological polar surface area (TPSA) is 0 Å². The molecule has 107 valence electrons. The monoisotopic (exact) mass is 265 g/mol. The van der Waals surface area contributed by atoms with Gasteiger partial charge in [-0.2, -0.15) is 17.5 Å². The van der Waals surface area contributed by atoms with E-state index >= 15 is 0 Å². The Kier molecular flexibility index (Phi) is 4.19. The van der Waals surface area contributed by atoms with Crippen molar-refractivity contribution in [1.29, 1.82) is 0 Å². The van der Waals surface area contributed by atoms with Gasteiger partial charge in [0.05, 0.1) is 0 Å². The van der Waals surface area contributed by atoms with Crippen molar-refractivity contribution in [3.63, 3.8) is 0 Å². The Labute approximate surface area is 138 Å². The number of fused-ring (bicyclic) bond motifs is 5. The van der Waals surface area contributed by atoms with E-state index in [2.05, 4.69) is 20.8 Å². The van der Waals surface area contributed by atoms with Gasteiger partial charge in [0.1, 0.15) is 0 Å². The second-order valence-electron chi connectivity index (χ2n) is 9.08. The summed E-state index contributed by atoms with van der Waals surface area (Å²) in [5.74, 6) is 6.50. The molecule has 2 heteroatoms. The van der Waals surface area contributed by atoms with Gasteiger partial charge in [0.25, 0.3) is 0 Å². The minimum atomic E-state index is 0. The molecular weight excluding hydrogens is 234 g/mol. The summed E-state index contributed by atoms with van der Waals surface area (Å²) < 4.78 is 0. The average molecular weight is 265 g/mol. The van der Waals surface area contributed by atoms with Crippen LogP contribution >= 0.6 is 0 Å². The van der Waals surface area contributed by atoms with Crippen LogP contribution < -0.4 is 18.9 Å². The van der Waals surface area contributed by atoms with E-state index in [0.29, 0.717) is 5.41 Å². The van der Waals surface area contributed by atoms with Crippen molar-refractivity contribution >= 4 is 6.71 Å². The molecule has 0 amide bonds. The predicted molar refractivity (Wildman–Crippen MR) is 83.9 cm³/mol. The second kappa shape index (κ2) is 5.38. The maximum atomic E-state index is 2.62. The maximum absolute atomic E-state index is 2.62. The van der Waals surface area contributed by atoms with E-state index in [1.54, 1.807) is 51.4 Å². The molecular formula is C18H31BLi. The summed E-state index contributed by atoms with van der Waals surface area (Å²) >= 11 is 0. The van der Waals surface area contributed by atoms with Gasteiger partial charge in [0, 0.05) is 0 Å². The molecule has 0 unspecified atom stereocenters. The molecule has 2 aliphatic heterocycles. The van der Waals surface area contributed by atoms with E-state index in [4.69, 9.17) is 0 Å². The van der Waals surface area contributed by atoms with E-state index in [9.17, 15) is 0 Å². The summed E-state index contributed by atoms with van der Waals surface area (Å²) in [5, 5.41) is 0. The van der Waals surface area contributed by atoms with Gasteiger partial charge in [0.2, 0.25) is 0 Å². The molecule has 5 fully saturated rings. The van der Waals surface area contributed by atoms with Gasteiger partial charge in [-0.3, -0.25) is 0 Å². The van der Waals surface area contributed by atoms with Crippen LogP contribution in [-0.2, 0) is 0 Å². The number of rotatable bonds is 1. The third kappa shape index (κ3) is 2.10. The van der Waals surface area contributed by atoms with Crippen molar-refractivity contribution in [1.82, 2.24) is 0 Å². The summed E-state index contributed by atoms with van der Waals surface area (Å²) in [7, 11) is 0. The Morgan fingerprint density at radius 1 is 0.900 bits per heavy atom. The fourth-order valence-corrected chi connectivity index (χ4v) is 7.12. The average Bonchev–Trinajstić information content (AvgIpc) is 2.37. The Morgan fingerprint density at radius 2 is 1.45 bits per heavy atom. The van der Waals surface area contributed by atoms with E-state index in [1.807, 2.05) is 0 Å². The molecule has 3 aliphatic carbocycles. The SMILES string of the molecule is C[C@@H]1[C@H]2C[C@@H](C[C@H]1[B-]1C3CCCC1CCC3)C2(C)C.[Li+]. The van der Waals surface area contributed by atoms with E-state index in [1.165, 1.54) is 0 Å². The van der Waals surface area contributed by atoms with E-state index in [-0.39, 0.29) is 18.9 Å². The van der Waals surface area contributed by atoms with Crippen molar-refractivity contribution in [2.24, 2.45) is 23.2 Å². The quantitative estimate of drug-likeness (QED) is 0.639. The number of hydrogen-bond donors (Lipinski definition) is 0. The normalized spacial score (nSPS) is 50.0. The van der Waals surface area contributed by atoms with Crippen molar-refractivity contribution in [3.05, 3.63) is 0 Å². The standard InChI is InChI=1S/C18H31B.Li/c1-12-16-10-13(18(16,2)3)11-17(12)19-14-6-4-7-15(19)9-5-8-14;/h12-17H,4-11H2,1-3H3;/q-1;+1/t12-,13+,14?,15?,16-,17-;/m1./s1. The number of hydrogen-bond acceptors (Lipinski definition) is 0. The van der Waals surface area contributed by atoms with E-state index in [0.717, 1.165) is 41.9 Å². The molecule has 0 aromatic heterocycles. The van der Waals surface area contributed by atoms with Gasteiger partial charge in [0.15, 0.2) is 0 Å². The summed E-state index contributed by atoms with van der Waals surface area (Å²) in [6.07, 6.45) is 12.5. The summed E-state index contributed by atoms with van der Waals surface area (Å²) in [6, 6.07) is 0. The largest absolute Gasteiger partial charge is 1.00 e. The zero-order valence-electron chi connectivity index (χ0n) is 14.2. The van der Waals surface area contributed by atoms with Crippen molar-refractivity contribution < 1.29 is 18.9 Å². The summed E-state index contributed by atoms with van der Waals surface area (Å²) in [4.78, 5) is 0. The molecule has 1 radical (unpaired) electrons. The molecule has 3 saturated carbocycles. The van der Waals surface area contributed by atoms with Crippen molar-refractivity contribution in [3.8, 4) is 0 Å². The minimum Gasteiger partial charge on any atom is -0.196 e. The van der Waals surface area contributed by atoms with Crippen LogP contribution in [0.1, 0.15) is 72.1 Å². The maximum Gasteiger partial charge on any atom is 1.00 e. The predicted octanol–water partition coefficient (Wildman–Crippen LogP) is 2.67. The molecule has 20 heavy (non-hydrogen) atoms. The molecule has 4 bridgehead atoms. The van der Waals surface area contributed by atoms with Gasteiger partial charge in [-0.15, -0.1) is 6.71 Å². The van der Waals surface area contributed by atoms with Crippen LogP contribution in [0.25, 0.3) is 0 Å². The first kappa shape index (κ1) is 15.6. The molecule has 0 nitrogen and oxygen atoms in total.